The van der Waals surface area contributed by atoms with Crippen molar-refractivity contribution in [3.8, 4) is 17.2 Å². The van der Waals surface area contributed by atoms with E-state index in [4.69, 9.17) is 14.2 Å². The molecule has 0 aliphatic carbocycles. The first-order chi connectivity index (χ1) is 16.8. The van der Waals surface area contributed by atoms with E-state index in [-0.39, 0.29) is 11.8 Å². The fourth-order valence-electron chi connectivity index (χ4n) is 3.73. The molecule has 35 heavy (non-hydrogen) atoms. The Morgan fingerprint density at radius 2 is 1.57 bits per heavy atom. The fourth-order valence-corrected chi connectivity index (χ4v) is 3.73. The van der Waals surface area contributed by atoms with Crippen LogP contribution in [0.1, 0.15) is 34.0 Å². The minimum absolute atomic E-state index is 0.274. The first-order valence-corrected chi connectivity index (χ1v) is 11.4. The van der Waals surface area contributed by atoms with Crippen LogP contribution in [0.3, 0.4) is 0 Å². The predicted octanol–water partition coefficient (Wildman–Crippen LogP) is 4.70. The van der Waals surface area contributed by atoms with Crippen molar-refractivity contribution in [1.82, 2.24) is 5.32 Å². The molecule has 0 radical (unpaired) electrons. The molecule has 7 heteroatoms. The minimum atomic E-state index is -0.739. The second-order valence-electron chi connectivity index (χ2n) is 8.31. The van der Waals surface area contributed by atoms with Crippen molar-refractivity contribution in [2.45, 2.75) is 33.3 Å². The zero-order valence-electron chi connectivity index (χ0n) is 20.8. The fraction of sp³-hybridized carbons (Fsp3) is 0.286. The Morgan fingerprint density at radius 3 is 2.26 bits per heavy atom. The number of ether oxygens (including phenoxy) is 3. The molecule has 1 atom stereocenters. The third-order valence-corrected chi connectivity index (χ3v) is 5.45. The van der Waals surface area contributed by atoms with Crippen LogP contribution in [-0.4, -0.2) is 38.7 Å². The Labute approximate surface area is 206 Å². The molecule has 0 aromatic heterocycles. The number of amides is 2. The van der Waals surface area contributed by atoms with Crippen LogP contribution in [0.25, 0.3) is 0 Å². The van der Waals surface area contributed by atoms with Crippen molar-refractivity contribution in [1.29, 1.82) is 0 Å². The predicted molar refractivity (Wildman–Crippen MR) is 137 cm³/mol. The highest BCUT2D eigenvalue weighted by Crippen LogP contribution is 2.27. The van der Waals surface area contributed by atoms with Gasteiger partial charge in [-0.2, -0.15) is 0 Å². The number of aryl methyl sites for hydroxylation is 2. The molecule has 3 rings (SSSR count). The van der Waals surface area contributed by atoms with Crippen molar-refractivity contribution in [3.05, 3.63) is 82.9 Å². The van der Waals surface area contributed by atoms with Gasteiger partial charge in [0.15, 0.2) is 17.6 Å². The lowest BCUT2D eigenvalue weighted by atomic mass is 10.1. The van der Waals surface area contributed by atoms with E-state index in [0.29, 0.717) is 41.5 Å². The second-order valence-corrected chi connectivity index (χ2v) is 8.31. The summed E-state index contributed by atoms with van der Waals surface area (Å²) in [5.74, 6) is 1.31. The van der Waals surface area contributed by atoms with Gasteiger partial charge in [0.05, 0.1) is 25.5 Å². The van der Waals surface area contributed by atoms with Crippen LogP contribution in [0.15, 0.2) is 60.7 Å². The summed E-state index contributed by atoms with van der Waals surface area (Å²) < 4.78 is 16.4. The number of carbonyl (C=O) groups excluding carboxylic acids is 2. The van der Waals surface area contributed by atoms with Crippen molar-refractivity contribution in [3.63, 3.8) is 0 Å². The van der Waals surface area contributed by atoms with Crippen LogP contribution < -0.4 is 24.8 Å². The summed E-state index contributed by atoms with van der Waals surface area (Å²) in [6.07, 6.45) is -0.126. The molecule has 0 aliphatic heterocycles. The van der Waals surface area contributed by atoms with Gasteiger partial charge in [-0.15, -0.1) is 0 Å². The van der Waals surface area contributed by atoms with Crippen LogP contribution in [0.2, 0.25) is 0 Å². The first-order valence-electron chi connectivity index (χ1n) is 11.4. The maximum atomic E-state index is 12.9. The Balaban J connectivity index is 1.60. The van der Waals surface area contributed by atoms with E-state index in [0.717, 1.165) is 16.7 Å². The summed E-state index contributed by atoms with van der Waals surface area (Å²) in [6.45, 7) is 6.05. The van der Waals surface area contributed by atoms with E-state index in [1.165, 1.54) is 0 Å². The van der Waals surface area contributed by atoms with Gasteiger partial charge in [-0.05, 0) is 80.3 Å². The van der Waals surface area contributed by atoms with E-state index in [1.54, 1.807) is 45.4 Å². The lowest BCUT2D eigenvalue weighted by Crippen LogP contribution is -2.32. The summed E-state index contributed by atoms with van der Waals surface area (Å²) in [5.41, 5.74) is 3.93. The van der Waals surface area contributed by atoms with Gasteiger partial charge in [0.1, 0.15) is 5.75 Å². The Morgan fingerprint density at radius 1 is 0.886 bits per heavy atom. The molecule has 2 amide bonds. The molecule has 0 bridgehead atoms. The highest BCUT2D eigenvalue weighted by Gasteiger charge is 2.19. The topological polar surface area (TPSA) is 85.9 Å². The van der Waals surface area contributed by atoms with Crippen molar-refractivity contribution >= 4 is 17.5 Å². The van der Waals surface area contributed by atoms with Gasteiger partial charge in [0.25, 0.3) is 11.8 Å². The summed E-state index contributed by atoms with van der Waals surface area (Å²) in [7, 11) is 3.17. The van der Waals surface area contributed by atoms with Gasteiger partial charge in [-0.3, -0.25) is 9.59 Å². The summed E-state index contributed by atoms with van der Waals surface area (Å²) in [6, 6.07) is 18.4. The summed E-state index contributed by atoms with van der Waals surface area (Å²) >= 11 is 0. The zero-order chi connectivity index (χ0) is 25.4. The molecule has 2 N–H and O–H groups in total. The number of rotatable bonds is 10. The normalized spacial score (nSPS) is 11.3. The minimum Gasteiger partial charge on any atom is -0.493 e. The average Bonchev–Trinajstić information content (AvgIpc) is 2.83. The lowest BCUT2D eigenvalue weighted by Gasteiger charge is -2.17. The molecule has 0 fully saturated rings. The van der Waals surface area contributed by atoms with Crippen LogP contribution in [0.5, 0.6) is 17.2 Å². The van der Waals surface area contributed by atoms with E-state index in [1.807, 2.05) is 50.2 Å². The quantitative estimate of drug-likeness (QED) is 0.443. The summed E-state index contributed by atoms with van der Waals surface area (Å²) in [5, 5.41) is 5.74. The number of benzene rings is 3. The highest BCUT2D eigenvalue weighted by molar-refractivity contribution is 6.04. The standard InChI is InChI=1S/C28H32N2O5/c1-18-14-19(2)16-22(15-18)35-20(3)27(31)30-24-9-7-6-8-23(24)28(32)29-13-12-21-10-11-25(33-4)26(17-21)34-5/h6-11,14-17,20H,12-13H2,1-5H3,(H,29,32)(H,30,31)/t20-/m0/s1. The lowest BCUT2D eigenvalue weighted by molar-refractivity contribution is -0.122. The average molecular weight is 477 g/mol. The third kappa shape index (κ3) is 6.99. The van der Waals surface area contributed by atoms with Crippen molar-refractivity contribution < 1.29 is 23.8 Å². The maximum absolute atomic E-state index is 12.9. The number of nitrogens with one attached hydrogen (secondary N) is 2. The molecule has 0 aliphatic rings. The van der Waals surface area contributed by atoms with Gasteiger partial charge in [-0.1, -0.05) is 24.3 Å². The number of hydrogen-bond acceptors (Lipinski definition) is 5. The number of carbonyl (C=O) groups is 2. The van der Waals surface area contributed by atoms with Gasteiger partial charge in [0.2, 0.25) is 0 Å². The number of anilines is 1. The molecule has 0 heterocycles. The number of para-hydroxylation sites is 1. The van der Waals surface area contributed by atoms with E-state index in [9.17, 15) is 9.59 Å². The number of hydrogen-bond donors (Lipinski definition) is 2. The molecule has 7 nitrogen and oxygen atoms in total. The Hall–Kier alpha value is -4.00. The van der Waals surface area contributed by atoms with Gasteiger partial charge in [0, 0.05) is 6.54 Å². The monoisotopic (exact) mass is 476 g/mol. The van der Waals surface area contributed by atoms with E-state index >= 15 is 0 Å². The van der Waals surface area contributed by atoms with Gasteiger partial charge in [-0.25, -0.2) is 0 Å². The van der Waals surface area contributed by atoms with Crippen LogP contribution in [-0.2, 0) is 11.2 Å². The molecule has 0 saturated carbocycles. The molecular weight excluding hydrogens is 444 g/mol. The van der Waals surface area contributed by atoms with Crippen molar-refractivity contribution in [2.24, 2.45) is 0 Å². The molecule has 0 saturated heterocycles. The smallest absolute Gasteiger partial charge is 0.265 e. The van der Waals surface area contributed by atoms with Gasteiger partial charge < -0.3 is 24.8 Å². The highest BCUT2D eigenvalue weighted by atomic mass is 16.5. The van der Waals surface area contributed by atoms with Crippen LogP contribution in [0, 0.1) is 13.8 Å². The molecule has 0 unspecified atom stereocenters. The molecule has 0 spiro atoms. The zero-order valence-corrected chi connectivity index (χ0v) is 20.8. The molecule has 3 aromatic rings. The Bertz CT molecular complexity index is 1170. The van der Waals surface area contributed by atoms with Crippen LogP contribution in [0.4, 0.5) is 5.69 Å². The van der Waals surface area contributed by atoms with E-state index < -0.39 is 6.10 Å². The Kier molecular flexibility index (Phi) is 8.73. The molecular formula is C28H32N2O5. The third-order valence-electron chi connectivity index (χ3n) is 5.45. The van der Waals surface area contributed by atoms with Gasteiger partial charge >= 0.3 is 0 Å². The number of methoxy groups -OCH3 is 2. The molecule has 3 aromatic carbocycles. The first kappa shape index (κ1) is 25.6. The SMILES string of the molecule is COc1ccc(CCNC(=O)c2ccccc2NC(=O)[C@H](C)Oc2cc(C)cc(C)c2)cc1OC. The largest absolute Gasteiger partial charge is 0.493 e. The molecule has 184 valence electrons. The van der Waals surface area contributed by atoms with Crippen molar-refractivity contribution in [2.75, 3.05) is 26.1 Å². The second kappa shape index (κ2) is 11.9. The van der Waals surface area contributed by atoms with Crippen LogP contribution >= 0.6 is 0 Å². The van der Waals surface area contributed by atoms with E-state index in [2.05, 4.69) is 10.6 Å². The maximum Gasteiger partial charge on any atom is 0.265 e. The summed E-state index contributed by atoms with van der Waals surface area (Å²) in [4.78, 5) is 25.6.